The molecule has 2 fully saturated rings. The summed E-state index contributed by atoms with van der Waals surface area (Å²) in [4.78, 5) is 28.5. The Morgan fingerprint density at radius 3 is 2.58 bits per heavy atom. The van der Waals surface area contributed by atoms with Crippen molar-refractivity contribution in [2.24, 2.45) is 11.7 Å². The molecule has 1 aromatic heterocycles. The lowest BCUT2D eigenvalue weighted by molar-refractivity contribution is -0.0402. The van der Waals surface area contributed by atoms with E-state index < -0.39 is 52.3 Å². The van der Waals surface area contributed by atoms with Crippen LogP contribution in [-0.2, 0) is 0 Å². The largest absolute Gasteiger partial charge is 0.364 e. The van der Waals surface area contributed by atoms with Crippen LogP contribution in [0.4, 0.5) is 27.6 Å². The summed E-state index contributed by atoms with van der Waals surface area (Å²) in [6.45, 7) is 1.44. The maximum absolute atomic E-state index is 15.6. The van der Waals surface area contributed by atoms with E-state index in [2.05, 4.69) is 0 Å². The lowest BCUT2D eigenvalue weighted by Crippen LogP contribution is -2.47. The Morgan fingerprint density at radius 1 is 1.24 bits per heavy atom. The first-order valence-electron chi connectivity index (χ1n) is 10.9. The third-order valence-electron chi connectivity index (χ3n) is 7.09. The molecule has 2 aromatic rings. The molecule has 3 N–H and O–H groups in total. The van der Waals surface area contributed by atoms with Gasteiger partial charge in [0, 0.05) is 37.0 Å². The third-order valence-corrected chi connectivity index (χ3v) is 7.09. The van der Waals surface area contributed by atoms with Gasteiger partial charge in [-0.15, -0.1) is 0 Å². The molecular weight excluding hydrogens is 447 g/mol. The normalized spacial score (nSPS) is 24.8. The van der Waals surface area contributed by atoms with Gasteiger partial charge in [0.1, 0.15) is 0 Å². The van der Waals surface area contributed by atoms with Crippen LogP contribution in [0.2, 0.25) is 0 Å². The molecule has 1 saturated heterocycles. The number of halogens is 5. The first-order chi connectivity index (χ1) is 15.5. The monoisotopic (exact) mass is 470 g/mol. The molecule has 2 atom stereocenters. The predicted octanol–water partition coefficient (Wildman–Crippen LogP) is 3.53. The minimum absolute atomic E-state index is 0.0337. The van der Waals surface area contributed by atoms with Crippen molar-refractivity contribution in [3.63, 3.8) is 0 Å². The van der Waals surface area contributed by atoms with Crippen LogP contribution in [0.25, 0.3) is 10.9 Å². The molecule has 0 amide bonds. The van der Waals surface area contributed by atoms with Crippen LogP contribution in [0.3, 0.4) is 0 Å². The molecule has 0 radical (unpaired) electrons. The van der Waals surface area contributed by atoms with Crippen LogP contribution in [0.1, 0.15) is 49.3 Å². The van der Waals surface area contributed by atoms with Crippen molar-refractivity contribution < 1.29 is 22.0 Å². The van der Waals surface area contributed by atoms with Crippen LogP contribution < -0.4 is 21.9 Å². The Kier molecular flexibility index (Phi) is 4.97. The summed E-state index contributed by atoms with van der Waals surface area (Å²) in [5.74, 6) is -5.15. The van der Waals surface area contributed by atoms with Crippen molar-refractivity contribution >= 4 is 16.6 Å². The molecule has 1 aliphatic heterocycles. The second kappa shape index (κ2) is 7.41. The SMILES string of the molecule is Cc1c(N2CC3=CCCC(F)(F)C(N)C3C2)c(F)c(C(F)F)c2c(=O)[nH]c(=O)n(C3CC3)c12. The van der Waals surface area contributed by atoms with E-state index in [1.807, 2.05) is 4.98 Å². The zero-order valence-corrected chi connectivity index (χ0v) is 17.8. The highest BCUT2D eigenvalue weighted by atomic mass is 19.3. The van der Waals surface area contributed by atoms with E-state index in [0.717, 1.165) is 0 Å². The molecule has 0 bridgehead atoms. The van der Waals surface area contributed by atoms with Gasteiger partial charge in [0.25, 0.3) is 17.9 Å². The molecule has 6 nitrogen and oxygen atoms in total. The molecule has 1 saturated carbocycles. The number of aromatic amines is 1. The number of benzene rings is 1. The van der Waals surface area contributed by atoms with Gasteiger partial charge in [-0.3, -0.25) is 14.3 Å². The molecule has 5 rings (SSSR count). The summed E-state index contributed by atoms with van der Waals surface area (Å²) >= 11 is 0. The Labute approximate surface area is 184 Å². The number of aryl methyl sites for hydroxylation is 1. The lowest BCUT2D eigenvalue weighted by Gasteiger charge is -2.28. The Hall–Kier alpha value is -2.69. The van der Waals surface area contributed by atoms with E-state index in [1.165, 1.54) is 16.4 Å². The summed E-state index contributed by atoms with van der Waals surface area (Å²) < 4.78 is 73.8. The van der Waals surface area contributed by atoms with Crippen LogP contribution in [0.5, 0.6) is 0 Å². The van der Waals surface area contributed by atoms with E-state index in [4.69, 9.17) is 5.73 Å². The summed E-state index contributed by atoms with van der Waals surface area (Å²) in [5, 5.41) is -0.550. The number of allylic oxidation sites excluding steroid dienone is 1. The number of nitrogens with one attached hydrogen (secondary N) is 1. The van der Waals surface area contributed by atoms with Crippen LogP contribution >= 0.6 is 0 Å². The van der Waals surface area contributed by atoms with Crippen molar-refractivity contribution in [1.82, 2.24) is 9.55 Å². The average molecular weight is 470 g/mol. The van der Waals surface area contributed by atoms with E-state index in [9.17, 15) is 27.2 Å². The average Bonchev–Trinajstić information content (AvgIpc) is 3.49. The fourth-order valence-electron chi connectivity index (χ4n) is 5.34. The fraction of sp³-hybridized carbons (Fsp3) is 0.545. The zero-order chi connectivity index (χ0) is 23.8. The van der Waals surface area contributed by atoms with Crippen LogP contribution in [-0.4, -0.2) is 34.6 Å². The molecule has 33 heavy (non-hydrogen) atoms. The smallest absolute Gasteiger partial charge is 0.329 e. The maximum atomic E-state index is 15.6. The van der Waals surface area contributed by atoms with Crippen molar-refractivity contribution in [3.8, 4) is 0 Å². The van der Waals surface area contributed by atoms with Gasteiger partial charge < -0.3 is 10.6 Å². The highest BCUT2D eigenvalue weighted by Crippen LogP contribution is 2.45. The predicted molar refractivity (Wildman–Crippen MR) is 113 cm³/mol. The number of nitrogens with two attached hydrogens (primary N) is 1. The second-order valence-electron chi connectivity index (χ2n) is 9.18. The summed E-state index contributed by atoms with van der Waals surface area (Å²) in [6, 6.07) is -1.76. The minimum Gasteiger partial charge on any atom is -0.364 e. The highest BCUT2D eigenvalue weighted by Gasteiger charge is 2.47. The highest BCUT2D eigenvalue weighted by molar-refractivity contribution is 5.91. The number of nitrogens with zero attached hydrogens (tertiary/aromatic N) is 2. The molecule has 2 heterocycles. The van der Waals surface area contributed by atoms with Gasteiger partial charge in [-0.1, -0.05) is 6.08 Å². The number of fused-ring (bicyclic) bond motifs is 2. The molecule has 178 valence electrons. The summed E-state index contributed by atoms with van der Waals surface area (Å²) in [6.07, 6.45) is -0.683. The molecule has 3 aliphatic rings. The van der Waals surface area contributed by atoms with Gasteiger partial charge in [0.2, 0.25) is 0 Å². The number of aromatic nitrogens is 2. The number of hydrogen-bond acceptors (Lipinski definition) is 4. The van der Waals surface area contributed by atoms with Crippen LogP contribution in [0.15, 0.2) is 21.2 Å². The first kappa shape index (κ1) is 22.1. The molecule has 2 aliphatic carbocycles. The summed E-state index contributed by atoms with van der Waals surface area (Å²) in [7, 11) is 0. The lowest BCUT2D eigenvalue weighted by atomic mass is 9.92. The van der Waals surface area contributed by atoms with E-state index in [-0.39, 0.29) is 48.7 Å². The van der Waals surface area contributed by atoms with Gasteiger partial charge in [-0.05, 0) is 31.8 Å². The van der Waals surface area contributed by atoms with Crippen LogP contribution in [0, 0.1) is 18.7 Å². The third kappa shape index (κ3) is 3.31. The standard InChI is InChI=1S/C22H23F5N4O2/c1-9-16-14(20(32)29-21(33)31(16)11-4-5-11)13(19(24)25)15(23)17(9)30-7-10-3-2-6-22(26,27)18(28)12(10)8-30/h3,11-12,18-19H,2,4-8,28H2,1H3,(H,29,32,33). The zero-order valence-electron chi connectivity index (χ0n) is 17.8. The maximum Gasteiger partial charge on any atom is 0.329 e. The van der Waals surface area contributed by atoms with Crippen molar-refractivity contribution in [3.05, 3.63) is 49.4 Å². The number of rotatable bonds is 3. The Morgan fingerprint density at radius 2 is 1.94 bits per heavy atom. The topological polar surface area (TPSA) is 84.1 Å². The quantitative estimate of drug-likeness (QED) is 0.531. The molecule has 11 heteroatoms. The van der Waals surface area contributed by atoms with Crippen molar-refractivity contribution in [2.75, 3.05) is 18.0 Å². The number of hydrogen-bond donors (Lipinski definition) is 2. The van der Waals surface area contributed by atoms with Gasteiger partial charge in [-0.2, -0.15) is 0 Å². The van der Waals surface area contributed by atoms with Gasteiger partial charge in [0.05, 0.1) is 28.2 Å². The van der Waals surface area contributed by atoms with E-state index in [1.54, 1.807) is 6.08 Å². The summed E-state index contributed by atoms with van der Waals surface area (Å²) in [5.41, 5.74) is 3.49. The van der Waals surface area contributed by atoms with Gasteiger partial charge in [0.15, 0.2) is 5.82 Å². The molecule has 0 spiro atoms. The van der Waals surface area contributed by atoms with E-state index in [0.29, 0.717) is 18.4 Å². The second-order valence-corrected chi connectivity index (χ2v) is 9.18. The first-order valence-corrected chi connectivity index (χ1v) is 10.9. The van der Waals surface area contributed by atoms with Crippen molar-refractivity contribution in [1.29, 1.82) is 0 Å². The number of anilines is 1. The van der Waals surface area contributed by atoms with E-state index >= 15 is 4.39 Å². The molecule has 2 unspecified atom stereocenters. The Bertz CT molecular complexity index is 1290. The fourth-order valence-corrected chi connectivity index (χ4v) is 5.34. The Balaban J connectivity index is 1.75. The number of alkyl halides is 4. The van der Waals surface area contributed by atoms with Crippen molar-refractivity contribution in [2.45, 2.75) is 57.0 Å². The minimum atomic E-state index is -3.32. The molecular formula is C22H23F5N4O2. The number of H-pyrrole nitrogens is 1. The molecule has 1 aromatic carbocycles. The van der Waals surface area contributed by atoms with Gasteiger partial charge >= 0.3 is 5.69 Å². The van der Waals surface area contributed by atoms with Gasteiger partial charge in [-0.25, -0.2) is 26.7 Å².